The molecule has 0 aliphatic heterocycles. The molecular weight excluding hydrogens is 221 g/mol. The summed E-state index contributed by atoms with van der Waals surface area (Å²) in [5, 5.41) is 21.9. The number of nitrogens with zero attached hydrogens (tertiary/aromatic N) is 3. The van der Waals surface area contributed by atoms with Crippen molar-refractivity contribution in [1.29, 1.82) is 0 Å². The highest BCUT2D eigenvalue weighted by atomic mass is 16.4. The summed E-state index contributed by atoms with van der Waals surface area (Å²) in [6.45, 7) is 0. The zero-order valence-corrected chi connectivity index (χ0v) is 8.69. The Labute approximate surface area is 96.3 Å². The number of fused-ring (bicyclic) bond motifs is 1. The molecule has 2 heterocycles. The van der Waals surface area contributed by atoms with Crippen molar-refractivity contribution in [2.75, 3.05) is 0 Å². The molecule has 0 saturated heterocycles. The van der Waals surface area contributed by atoms with Gasteiger partial charge in [-0.1, -0.05) is 12.1 Å². The standard InChI is InChI=1S/C10H8BN3O3/c15-11(16)7-5-12-14(6-7)10-13-8-3-1-2-4-9(8)17-10/h1-6,15-16H. The molecule has 0 saturated carbocycles. The maximum absolute atomic E-state index is 8.97. The summed E-state index contributed by atoms with van der Waals surface area (Å²) in [7, 11) is -1.55. The van der Waals surface area contributed by atoms with Crippen LogP contribution >= 0.6 is 0 Å². The molecule has 17 heavy (non-hydrogen) atoms. The van der Waals surface area contributed by atoms with Crippen LogP contribution in [-0.2, 0) is 0 Å². The summed E-state index contributed by atoms with van der Waals surface area (Å²) in [6, 6.07) is 7.63. The van der Waals surface area contributed by atoms with Crippen LogP contribution in [0.5, 0.6) is 0 Å². The van der Waals surface area contributed by atoms with E-state index in [0.717, 1.165) is 5.52 Å². The SMILES string of the molecule is OB(O)c1cnn(-c2nc3ccccc3o2)c1. The van der Waals surface area contributed by atoms with Gasteiger partial charge in [0.15, 0.2) is 5.58 Å². The third-order valence-electron chi connectivity index (χ3n) is 2.38. The van der Waals surface area contributed by atoms with Gasteiger partial charge in [0.2, 0.25) is 0 Å². The monoisotopic (exact) mass is 229 g/mol. The number of aromatic nitrogens is 3. The lowest BCUT2D eigenvalue weighted by Gasteiger charge is -1.91. The lowest BCUT2D eigenvalue weighted by Crippen LogP contribution is -2.28. The van der Waals surface area contributed by atoms with Crippen LogP contribution in [0.1, 0.15) is 0 Å². The average Bonchev–Trinajstić information content (AvgIpc) is 2.95. The summed E-state index contributed by atoms with van der Waals surface area (Å²) in [5.74, 6) is 0. The van der Waals surface area contributed by atoms with Crippen molar-refractivity contribution in [2.24, 2.45) is 0 Å². The van der Waals surface area contributed by atoms with Gasteiger partial charge in [-0.15, -0.1) is 0 Å². The molecule has 7 heteroatoms. The van der Waals surface area contributed by atoms with Gasteiger partial charge in [-0.05, 0) is 12.1 Å². The van der Waals surface area contributed by atoms with Crippen molar-refractivity contribution in [1.82, 2.24) is 14.8 Å². The van der Waals surface area contributed by atoms with Crippen molar-refractivity contribution < 1.29 is 14.5 Å². The normalized spacial score (nSPS) is 10.9. The van der Waals surface area contributed by atoms with Crippen LogP contribution in [0.15, 0.2) is 41.1 Å². The summed E-state index contributed by atoms with van der Waals surface area (Å²) in [5.41, 5.74) is 1.67. The molecule has 0 atom stereocenters. The number of hydrogen-bond acceptors (Lipinski definition) is 5. The van der Waals surface area contributed by atoms with Gasteiger partial charge in [0.05, 0.1) is 0 Å². The van der Waals surface area contributed by atoms with Gasteiger partial charge in [0, 0.05) is 17.9 Å². The summed E-state index contributed by atoms with van der Waals surface area (Å²) >= 11 is 0. The molecule has 84 valence electrons. The predicted octanol–water partition coefficient (Wildman–Crippen LogP) is -0.307. The van der Waals surface area contributed by atoms with Crippen LogP contribution in [0, 0.1) is 0 Å². The van der Waals surface area contributed by atoms with Gasteiger partial charge in [-0.3, -0.25) is 0 Å². The van der Waals surface area contributed by atoms with Crippen LogP contribution in [0.4, 0.5) is 0 Å². The van der Waals surface area contributed by atoms with Crippen molar-refractivity contribution in [2.45, 2.75) is 0 Å². The Kier molecular flexibility index (Phi) is 2.20. The Morgan fingerprint density at radius 3 is 2.76 bits per heavy atom. The second-order valence-electron chi connectivity index (χ2n) is 3.56. The van der Waals surface area contributed by atoms with Crippen LogP contribution in [0.3, 0.4) is 0 Å². The van der Waals surface area contributed by atoms with Gasteiger partial charge in [-0.2, -0.15) is 14.8 Å². The highest BCUT2D eigenvalue weighted by molar-refractivity contribution is 6.58. The van der Waals surface area contributed by atoms with E-state index in [1.807, 2.05) is 18.2 Å². The zero-order chi connectivity index (χ0) is 11.8. The van der Waals surface area contributed by atoms with E-state index in [0.29, 0.717) is 5.58 Å². The Morgan fingerprint density at radius 1 is 1.24 bits per heavy atom. The largest absolute Gasteiger partial charge is 0.491 e. The smallest absolute Gasteiger partial charge is 0.423 e. The first-order chi connectivity index (χ1) is 8.24. The van der Waals surface area contributed by atoms with E-state index in [1.54, 1.807) is 6.07 Å². The van der Waals surface area contributed by atoms with Gasteiger partial charge in [-0.25, -0.2) is 0 Å². The lowest BCUT2D eigenvalue weighted by atomic mass is 9.83. The number of hydrogen-bond donors (Lipinski definition) is 2. The van der Waals surface area contributed by atoms with Gasteiger partial charge in [0.1, 0.15) is 5.52 Å². The van der Waals surface area contributed by atoms with Gasteiger partial charge >= 0.3 is 13.1 Å². The number of rotatable bonds is 2. The molecule has 0 amide bonds. The first kappa shape index (κ1) is 10.1. The third-order valence-corrected chi connectivity index (χ3v) is 2.38. The van der Waals surface area contributed by atoms with Crippen LogP contribution < -0.4 is 5.46 Å². The highest BCUT2D eigenvalue weighted by Gasteiger charge is 2.15. The number of benzene rings is 1. The van der Waals surface area contributed by atoms with E-state index < -0.39 is 7.12 Å². The van der Waals surface area contributed by atoms with Crippen molar-refractivity contribution >= 4 is 23.7 Å². The highest BCUT2D eigenvalue weighted by Crippen LogP contribution is 2.16. The molecule has 0 unspecified atom stereocenters. The number of oxazole rings is 1. The van der Waals surface area contributed by atoms with Crippen molar-refractivity contribution in [3.63, 3.8) is 0 Å². The maximum Gasteiger partial charge on any atom is 0.491 e. The minimum absolute atomic E-state index is 0.284. The van der Waals surface area contributed by atoms with Crippen LogP contribution in [0.2, 0.25) is 0 Å². The maximum atomic E-state index is 8.97. The molecule has 0 bridgehead atoms. The second kappa shape index (κ2) is 3.72. The molecule has 0 fully saturated rings. The van der Waals surface area contributed by atoms with Crippen molar-refractivity contribution in [3.8, 4) is 6.01 Å². The van der Waals surface area contributed by atoms with E-state index in [2.05, 4.69) is 10.1 Å². The fourth-order valence-electron chi connectivity index (χ4n) is 1.53. The molecule has 2 N–H and O–H groups in total. The van der Waals surface area contributed by atoms with Gasteiger partial charge < -0.3 is 14.5 Å². The average molecular weight is 229 g/mol. The van der Waals surface area contributed by atoms with E-state index in [-0.39, 0.29) is 11.5 Å². The van der Waals surface area contributed by atoms with Crippen LogP contribution in [0.25, 0.3) is 17.1 Å². The fraction of sp³-hybridized carbons (Fsp3) is 0. The molecule has 6 nitrogen and oxygen atoms in total. The van der Waals surface area contributed by atoms with Crippen molar-refractivity contribution in [3.05, 3.63) is 36.7 Å². The summed E-state index contributed by atoms with van der Waals surface area (Å²) in [4.78, 5) is 4.23. The Balaban J connectivity index is 2.07. The Bertz CT molecular complexity index is 628. The molecule has 2 aromatic heterocycles. The lowest BCUT2D eigenvalue weighted by molar-refractivity contribution is 0.426. The minimum Gasteiger partial charge on any atom is -0.423 e. The Hall–Kier alpha value is -2.12. The van der Waals surface area contributed by atoms with Gasteiger partial charge in [0.25, 0.3) is 0 Å². The minimum atomic E-state index is -1.55. The predicted molar refractivity (Wildman–Crippen MR) is 61.0 cm³/mol. The first-order valence-electron chi connectivity index (χ1n) is 5.01. The first-order valence-corrected chi connectivity index (χ1v) is 5.01. The molecule has 0 aliphatic carbocycles. The topological polar surface area (TPSA) is 84.3 Å². The summed E-state index contributed by atoms with van der Waals surface area (Å²) < 4.78 is 6.83. The van der Waals surface area contributed by atoms with Crippen LogP contribution in [-0.4, -0.2) is 31.9 Å². The van der Waals surface area contributed by atoms with E-state index in [4.69, 9.17) is 14.5 Å². The molecule has 0 aliphatic rings. The number of para-hydroxylation sites is 2. The molecule has 3 aromatic rings. The molecule has 1 aromatic carbocycles. The molecular formula is C10H8BN3O3. The summed E-state index contributed by atoms with van der Waals surface area (Å²) in [6.07, 6.45) is 2.80. The van der Waals surface area contributed by atoms with E-state index in [9.17, 15) is 0 Å². The molecule has 3 rings (SSSR count). The molecule has 0 radical (unpaired) electrons. The third kappa shape index (κ3) is 1.71. The Morgan fingerprint density at radius 2 is 2.06 bits per heavy atom. The second-order valence-corrected chi connectivity index (χ2v) is 3.56. The van der Waals surface area contributed by atoms with E-state index in [1.165, 1.54) is 17.1 Å². The quantitative estimate of drug-likeness (QED) is 0.589. The van der Waals surface area contributed by atoms with E-state index >= 15 is 0 Å². The molecule has 0 spiro atoms. The fourth-order valence-corrected chi connectivity index (χ4v) is 1.53. The zero-order valence-electron chi connectivity index (χ0n) is 8.69.